The van der Waals surface area contributed by atoms with Crippen LogP contribution in [0.3, 0.4) is 0 Å². The van der Waals surface area contributed by atoms with Crippen LogP contribution in [0.25, 0.3) is 10.8 Å². The van der Waals surface area contributed by atoms with E-state index in [4.69, 9.17) is 5.11 Å². The van der Waals surface area contributed by atoms with Gasteiger partial charge < -0.3 is 30.9 Å². The number of nitrogens with zero attached hydrogens (tertiary/aromatic N) is 1. The van der Waals surface area contributed by atoms with Crippen molar-refractivity contribution in [1.82, 2.24) is 15.4 Å². The number of aliphatic hydroxyl groups excluding tert-OH is 3. The van der Waals surface area contributed by atoms with E-state index in [1.165, 1.54) is 0 Å². The first-order valence-corrected chi connectivity index (χ1v) is 13.3. The van der Waals surface area contributed by atoms with Crippen LogP contribution in [0.2, 0.25) is 0 Å². The average molecular weight is 509 g/mol. The SMILES string of the molecule is CN(C)c1cccc2c(S(=O)(=O)NCCCCCC(=O)NC[C@H]3N[C@H](CO)[C@@H](O)[C@@H]3O)cccc12. The van der Waals surface area contributed by atoms with Gasteiger partial charge in [-0.2, -0.15) is 0 Å². The van der Waals surface area contributed by atoms with Crippen LogP contribution in [0.4, 0.5) is 5.69 Å². The largest absolute Gasteiger partial charge is 0.395 e. The summed E-state index contributed by atoms with van der Waals surface area (Å²) in [6.07, 6.45) is -0.0000538. The molecule has 1 heterocycles. The summed E-state index contributed by atoms with van der Waals surface area (Å²) >= 11 is 0. The first-order chi connectivity index (χ1) is 16.7. The Kier molecular flexibility index (Phi) is 9.45. The minimum Gasteiger partial charge on any atom is -0.395 e. The fourth-order valence-electron chi connectivity index (χ4n) is 4.36. The molecule has 0 aromatic heterocycles. The van der Waals surface area contributed by atoms with Gasteiger partial charge in [0.05, 0.1) is 35.8 Å². The molecular formula is C24H36N4O6S. The molecule has 0 saturated carbocycles. The van der Waals surface area contributed by atoms with E-state index in [1.54, 1.807) is 18.2 Å². The molecule has 4 atom stereocenters. The number of hydrogen-bond donors (Lipinski definition) is 6. The van der Waals surface area contributed by atoms with Gasteiger partial charge in [0.2, 0.25) is 15.9 Å². The number of rotatable bonds is 12. The topological polar surface area (TPSA) is 151 Å². The fraction of sp³-hybridized carbons (Fsp3) is 0.542. The molecule has 1 amide bonds. The van der Waals surface area contributed by atoms with E-state index < -0.39 is 34.3 Å². The Labute approximate surface area is 206 Å². The lowest BCUT2D eigenvalue weighted by molar-refractivity contribution is -0.121. The van der Waals surface area contributed by atoms with Crippen molar-refractivity contribution in [2.75, 3.05) is 38.7 Å². The van der Waals surface area contributed by atoms with Crippen molar-refractivity contribution in [3.8, 4) is 0 Å². The lowest BCUT2D eigenvalue weighted by Gasteiger charge is -2.17. The standard InChI is InChI=1S/C24H36N4O6S/c1-28(2)20-10-6-9-17-16(20)8-7-11-21(17)35(33,34)26-13-5-3-4-12-22(30)25-14-18-23(31)24(32)19(15-29)27-18/h6-11,18-19,23-24,26-27,29,31-32H,3-5,12-15H2,1-2H3,(H,25,30)/t18-,19-,23-,24-/m1/s1. The fourth-order valence-corrected chi connectivity index (χ4v) is 5.66. The first kappa shape index (κ1) is 27.3. The lowest BCUT2D eigenvalue weighted by Crippen LogP contribution is -2.44. The second-order valence-corrected chi connectivity index (χ2v) is 10.8. The smallest absolute Gasteiger partial charge is 0.241 e. The molecule has 2 aromatic rings. The molecule has 0 spiro atoms. The van der Waals surface area contributed by atoms with E-state index >= 15 is 0 Å². The number of benzene rings is 2. The third-order valence-electron chi connectivity index (χ3n) is 6.32. The van der Waals surface area contributed by atoms with Gasteiger partial charge in [-0.25, -0.2) is 13.1 Å². The normalized spacial score (nSPS) is 22.4. The van der Waals surface area contributed by atoms with E-state index in [-0.39, 0.29) is 36.9 Å². The monoisotopic (exact) mass is 508 g/mol. The van der Waals surface area contributed by atoms with Gasteiger partial charge in [0, 0.05) is 50.1 Å². The molecule has 6 N–H and O–H groups in total. The Balaban J connectivity index is 1.41. The first-order valence-electron chi connectivity index (χ1n) is 11.8. The van der Waals surface area contributed by atoms with Gasteiger partial charge >= 0.3 is 0 Å². The molecule has 194 valence electrons. The quantitative estimate of drug-likeness (QED) is 0.218. The number of aliphatic hydroxyl groups is 3. The molecule has 2 aromatic carbocycles. The highest BCUT2D eigenvalue weighted by Gasteiger charge is 2.40. The van der Waals surface area contributed by atoms with Crippen molar-refractivity contribution in [2.45, 2.75) is 54.9 Å². The zero-order valence-corrected chi connectivity index (χ0v) is 21.0. The maximum atomic E-state index is 12.9. The molecule has 35 heavy (non-hydrogen) atoms. The predicted octanol–water partition coefficient (Wildman–Crippen LogP) is -0.0848. The molecule has 1 aliphatic heterocycles. The van der Waals surface area contributed by atoms with Crippen LogP contribution < -0.4 is 20.3 Å². The van der Waals surface area contributed by atoms with Crippen LogP contribution in [-0.4, -0.2) is 87.7 Å². The van der Waals surface area contributed by atoms with Gasteiger partial charge in [0.1, 0.15) is 0 Å². The summed E-state index contributed by atoms with van der Waals surface area (Å²) in [6.45, 7) is 0.115. The van der Waals surface area contributed by atoms with E-state index in [1.807, 2.05) is 37.2 Å². The van der Waals surface area contributed by atoms with Gasteiger partial charge in [-0.15, -0.1) is 0 Å². The lowest BCUT2D eigenvalue weighted by atomic mass is 10.1. The summed E-state index contributed by atoms with van der Waals surface area (Å²) in [5.74, 6) is -0.186. The molecule has 3 rings (SSSR count). The maximum Gasteiger partial charge on any atom is 0.241 e. The molecule has 1 saturated heterocycles. The van der Waals surface area contributed by atoms with Crippen molar-refractivity contribution in [2.24, 2.45) is 0 Å². The van der Waals surface area contributed by atoms with Crippen molar-refractivity contribution < 1.29 is 28.5 Å². The minimum atomic E-state index is -3.68. The number of carbonyl (C=O) groups is 1. The Hall–Kier alpha value is -2.28. The van der Waals surface area contributed by atoms with Gasteiger partial charge in [0.25, 0.3) is 0 Å². The van der Waals surface area contributed by atoms with Gasteiger partial charge in [-0.1, -0.05) is 30.7 Å². The van der Waals surface area contributed by atoms with Crippen LogP contribution in [0.15, 0.2) is 41.3 Å². The molecule has 0 bridgehead atoms. The molecule has 10 nitrogen and oxygen atoms in total. The van der Waals surface area contributed by atoms with Gasteiger partial charge in [-0.05, 0) is 25.0 Å². The highest BCUT2D eigenvalue weighted by Crippen LogP contribution is 2.30. The Bertz CT molecular complexity index is 1110. The predicted molar refractivity (Wildman–Crippen MR) is 135 cm³/mol. The number of carbonyl (C=O) groups excluding carboxylic acids is 1. The number of hydrogen-bond acceptors (Lipinski definition) is 8. The van der Waals surface area contributed by atoms with Crippen molar-refractivity contribution >= 4 is 32.4 Å². The van der Waals surface area contributed by atoms with Gasteiger partial charge in [0.15, 0.2) is 0 Å². The molecule has 0 radical (unpaired) electrons. The van der Waals surface area contributed by atoms with Crippen molar-refractivity contribution in [1.29, 1.82) is 0 Å². The van der Waals surface area contributed by atoms with E-state index in [0.717, 1.165) is 11.1 Å². The summed E-state index contributed by atoms with van der Waals surface area (Å²) < 4.78 is 28.5. The molecule has 0 unspecified atom stereocenters. The Morgan fingerprint density at radius 3 is 2.37 bits per heavy atom. The number of fused-ring (bicyclic) bond motifs is 1. The highest BCUT2D eigenvalue weighted by molar-refractivity contribution is 7.89. The molecular weight excluding hydrogens is 472 g/mol. The van der Waals surface area contributed by atoms with Crippen molar-refractivity contribution in [3.63, 3.8) is 0 Å². The van der Waals surface area contributed by atoms with Crippen LogP contribution in [0.1, 0.15) is 25.7 Å². The summed E-state index contributed by atoms with van der Waals surface area (Å²) in [6, 6.07) is 9.72. The molecule has 1 aliphatic rings. The summed E-state index contributed by atoms with van der Waals surface area (Å²) in [4.78, 5) is 14.3. The third kappa shape index (κ3) is 6.69. The number of sulfonamides is 1. The third-order valence-corrected chi connectivity index (χ3v) is 7.84. The van der Waals surface area contributed by atoms with E-state index in [2.05, 4.69) is 15.4 Å². The van der Waals surface area contributed by atoms with Crippen LogP contribution in [0, 0.1) is 0 Å². The maximum absolute atomic E-state index is 12.9. The second-order valence-electron chi connectivity index (χ2n) is 9.08. The number of amides is 1. The number of nitrogens with one attached hydrogen (secondary N) is 3. The average Bonchev–Trinajstić information content (AvgIpc) is 3.11. The zero-order valence-electron chi connectivity index (χ0n) is 20.1. The summed E-state index contributed by atoms with van der Waals surface area (Å²) in [7, 11) is 0.150. The van der Waals surface area contributed by atoms with E-state index in [9.17, 15) is 23.4 Å². The number of anilines is 1. The van der Waals surface area contributed by atoms with Gasteiger partial charge in [-0.3, -0.25) is 4.79 Å². The molecule has 11 heteroatoms. The van der Waals surface area contributed by atoms with Crippen molar-refractivity contribution in [3.05, 3.63) is 36.4 Å². The Morgan fingerprint density at radius 1 is 1.00 bits per heavy atom. The zero-order chi connectivity index (χ0) is 25.6. The second kappa shape index (κ2) is 12.1. The number of unbranched alkanes of at least 4 members (excludes halogenated alkanes) is 2. The van der Waals surface area contributed by atoms with Crippen LogP contribution in [-0.2, 0) is 14.8 Å². The van der Waals surface area contributed by atoms with E-state index in [0.29, 0.717) is 24.6 Å². The Morgan fingerprint density at radius 2 is 1.69 bits per heavy atom. The minimum absolute atomic E-state index is 0.147. The van der Waals surface area contributed by atoms with Crippen LogP contribution in [0.5, 0.6) is 0 Å². The molecule has 0 aliphatic carbocycles. The highest BCUT2D eigenvalue weighted by atomic mass is 32.2. The summed E-state index contributed by atoms with van der Waals surface area (Å²) in [5.41, 5.74) is 0.945. The summed E-state index contributed by atoms with van der Waals surface area (Å²) in [5, 5.41) is 36.1. The molecule has 1 fully saturated rings. The van der Waals surface area contributed by atoms with Crippen LogP contribution >= 0.6 is 0 Å².